The second-order valence-corrected chi connectivity index (χ2v) is 15.7. The minimum absolute atomic E-state index is 0.0601. The maximum atomic E-state index is 14.6. The number of anilines is 1. The number of amides is 1. The molecule has 4 rings (SSSR count). The zero-order chi connectivity index (χ0) is 35.0. The Kier molecular flexibility index (Phi) is 13.2. The molecule has 0 spiro atoms. The molecule has 1 aliphatic rings. The minimum atomic E-state index is -0.788. The Morgan fingerprint density at radius 2 is 1.87 bits per heavy atom. The predicted octanol–water partition coefficient (Wildman–Crippen LogP) is 8.02. The highest BCUT2D eigenvalue weighted by atomic mass is 35.5. The number of rotatable bonds is 10. The van der Waals surface area contributed by atoms with E-state index in [0.717, 1.165) is 43.4 Å². The van der Waals surface area contributed by atoms with Gasteiger partial charge in [0, 0.05) is 41.3 Å². The molecule has 1 saturated heterocycles. The number of hydrogen-bond acceptors (Lipinski definition) is 9. The summed E-state index contributed by atoms with van der Waals surface area (Å²) in [5, 5.41) is 4.69. The van der Waals surface area contributed by atoms with Crippen molar-refractivity contribution in [3.05, 3.63) is 76.6 Å². The van der Waals surface area contributed by atoms with Crippen LogP contribution in [0.1, 0.15) is 102 Å². The fraction of sp³-hybridized carbons (Fsp3) is 0.514. The monoisotopic (exact) mass is 686 g/mol. The summed E-state index contributed by atoms with van der Waals surface area (Å²) in [5.74, 6) is -0.0892. The van der Waals surface area contributed by atoms with E-state index in [1.54, 1.807) is 18.3 Å². The third-order valence-electron chi connectivity index (χ3n) is 7.88. The van der Waals surface area contributed by atoms with Crippen LogP contribution in [0.25, 0.3) is 0 Å². The number of nitrogens with zero attached hydrogens (tertiary/aromatic N) is 4. The molecule has 1 aliphatic heterocycles. The summed E-state index contributed by atoms with van der Waals surface area (Å²) in [6, 6.07) is 12.4. The van der Waals surface area contributed by atoms with E-state index < -0.39 is 11.9 Å². The lowest BCUT2D eigenvalue weighted by Gasteiger charge is -2.26. The van der Waals surface area contributed by atoms with Crippen LogP contribution in [0.5, 0.6) is 0 Å². The van der Waals surface area contributed by atoms with E-state index in [1.165, 1.54) is 6.07 Å². The number of pyridine rings is 3. The fourth-order valence-corrected chi connectivity index (χ4v) is 5.80. The molecule has 2 N–H and O–H groups in total. The Morgan fingerprint density at radius 1 is 1.15 bits per heavy atom. The molecule has 9 nitrogen and oxygen atoms in total. The first-order valence-corrected chi connectivity index (χ1v) is 16.9. The van der Waals surface area contributed by atoms with Crippen LogP contribution in [0.4, 0.5) is 10.2 Å². The second-order valence-electron chi connectivity index (χ2n) is 14.4. The van der Waals surface area contributed by atoms with Gasteiger partial charge < -0.3 is 15.0 Å². The number of ether oxygens (including phenoxy) is 1. The Balaban J connectivity index is 0.000000771. The van der Waals surface area contributed by atoms with Crippen LogP contribution in [0, 0.1) is 11.9 Å². The van der Waals surface area contributed by atoms with Crippen LogP contribution in [0.2, 0.25) is 5.02 Å². The zero-order valence-electron chi connectivity index (χ0n) is 28.9. The van der Waals surface area contributed by atoms with Crippen LogP contribution >= 0.6 is 23.5 Å². The van der Waals surface area contributed by atoms with Crippen molar-refractivity contribution >= 4 is 41.7 Å². The van der Waals surface area contributed by atoms with Gasteiger partial charge in [0.1, 0.15) is 16.4 Å². The molecule has 1 amide bonds. The maximum Gasteiger partial charge on any atom is 0.293 e. The zero-order valence-corrected chi connectivity index (χ0v) is 30.4. The first kappa shape index (κ1) is 38.2. The van der Waals surface area contributed by atoms with Crippen LogP contribution in [0.15, 0.2) is 53.7 Å². The predicted molar refractivity (Wildman–Crippen MR) is 187 cm³/mol. The van der Waals surface area contributed by atoms with E-state index in [0.29, 0.717) is 34.0 Å². The minimum Gasteiger partial charge on any atom is -0.462 e. The molecular weight excluding hydrogens is 639 g/mol. The van der Waals surface area contributed by atoms with Crippen molar-refractivity contribution in [2.75, 3.05) is 18.9 Å². The maximum absolute atomic E-state index is 14.6. The lowest BCUT2D eigenvalue weighted by Crippen LogP contribution is -2.34. The topological polar surface area (TPSA) is 109 Å². The SMILES string of the molecule is CC(C)(C)OC=O.CN1CC(CCC(Nc2cccc(SNC(=O)c3ccc(C(C)(C)C)nc3F)n2)c2ccc(Cl)cn2)CC1(C)C. The van der Waals surface area contributed by atoms with E-state index in [4.69, 9.17) is 11.6 Å². The molecule has 3 aromatic heterocycles. The normalized spacial score (nSPS) is 16.9. The number of halogens is 2. The number of carbonyl (C=O) groups is 2. The number of aromatic nitrogens is 3. The third kappa shape index (κ3) is 12.0. The molecular formula is C35H48ClFN6O3S. The molecule has 0 aliphatic carbocycles. The van der Waals surface area contributed by atoms with Crippen LogP contribution in [-0.2, 0) is 14.9 Å². The van der Waals surface area contributed by atoms with Crippen molar-refractivity contribution in [1.82, 2.24) is 24.6 Å². The highest BCUT2D eigenvalue weighted by molar-refractivity contribution is 7.97. The quantitative estimate of drug-likeness (QED) is 0.124. The molecule has 3 aromatic rings. The summed E-state index contributed by atoms with van der Waals surface area (Å²) in [5.41, 5.74) is 0.946. The van der Waals surface area contributed by atoms with E-state index in [-0.39, 0.29) is 28.2 Å². The average molecular weight is 687 g/mol. The lowest BCUT2D eigenvalue weighted by molar-refractivity contribution is -0.138. The van der Waals surface area contributed by atoms with Gasteiger partial charge in [0.2, 0.25) is 5.95 Å². The van der Waals surface area contributed by atoms with Crippen molar-refractivity contribution in [2.24, 2.45) is 5.92 Å². The van der Waals surface area contributed by atoms with Gasteiger partial charge in [0.15, 0.2) is 0 Å². The fourth-order valence-electron chi connectivity index (χ4n) is 5.09. The highest BCUT2D eigenvalue weighted by Gasteiger charge is 2.35. The smallest absolute Gasteiger partial charge is 0.293 e. The summed E-state index contributed by atoms with van der Waals surface area (Å²) in [6.45, 7) is 17.4. The summed E-state index contributed by atoms with van der Waals surface area (Å²) in [4.78, 5) is 37.9. The molecule has 12 heteroatoms. The van der Waals surface area contributed by atoms with Gasteiger partial charge in [-0.05, 0) is 103 Å². The van der Waals surface area contributed by atoms with Gasteiger partial charge in [-0.25, -0.2) is 9.97 Å². The van der Waals surface area contributed by atoms with Crippen LogP contribution in [0.3, 0.4) is 0 Å². The lowest BCUT2D eigenvalue weighted by atomic mass is 9.91. The van der Waals surface area contributed by atoms with E-state index >= 15 is 0 Å². The van der Waals surface area contributed by atoms with Gasteiger partial charge in [0.05, 0.1) is 22.3 Å². The number of likely N-dealkylation sites (tertiary alicyclic amines) is 1. The summed E-state index contributed by atoms with van der Waals surface area (Å²) >= 11 is 7.13. The van der Waals surface area contributed by atoms with E-state index in [9.17, 15) is 14.0 Å². The largest absolute Gasteiger partial charge is 0.462 e. The van der Waals surface area contributed by atoms with Gasteiger partial charge in [-0.3, -0.25) is 19.3 Å². The van der Waals surface area contributed by atoms with Crippen molar-refractivity contribution in [2.45, 2.75) is 102 Å². The number of hydrogen-bond donors (Lipinski definition) is 2. The van der Waals surface area contributed by atoms with Crippen molar-refractivity contribution in [1.29, 1.82) is 0 Å². The molecule has 0 radical (unpaired) electrons. The Bertz CT molecular complexity index is 1490. The Labute approximate surface area is 288 Å². The Morgan fingerprint density at radius 3 is 2.40 bits per heavy atom. The van der Waals surface area contributed by atoms with E-state index in [2.05, 4.69) is 55.5 Å². The average Bonchev–Trinajstić information content (AvgIpc) is 3.24. The van der Waals surface area contributed by atoms with Crippen molar-refractivity contribution in [3.63, 3.8) is 0 Å². The summed E-state index contributed by atoms with van der Waals surface area (Å²) in [6.07, 6.45) is 4.75. The first-order chi connectivity index (χ1) is 21.9. The van der Waals surface area contributed by atoms with Crippen molar-refractivity contribution in [3.8, 4) is 0 Å². The van der Waals surface area contributed by atoms with Gasteiger partial charge in [-0.1, -0.05) is 38.4 Å². The van der Waals surface area contributed by atoms with Gasteiger partial charge in [-0.2, -0.15) is 4.39 Å². The molecule has 4 heterocycles. The summed E-state index contributed by atoms with van der Waals surface area (Å²) in [7, 11) is 2.19. The highest BCUT2D eigenvalue weighted by Crippen LogP contribution is 2.35. The molecule has 0 aromatic carbocycles. The number of nitrogens with one attached hydrogen (secondary N) is 2. The summed E-state index contributed by atoms with van der Waals surface area (Å²) < 4.78 is 21.8. The molecule has 1 fully saturated rings. The molecule has 2 atom stereocenters. The van der Waals surface area contributed by atoms with Gasteiger partial charge >= 0.3 is 0 Å². The van der Waals surface area contributed by atoms with Crippen LogP contribution in [-0.4, -0.2) is 57.0 Å². The third-order valence-corrected chi connectivity index (χ3v) is 8.83. The number of carbonyl (C=O) groups excluding carboxylic acids is 2. The van der Waals surface area contributed by atoms with Crippen LogP contribution < -0.4 is 10.0 Å². The van der Waals surface area contributed by atoms with E-state index in [1.807, 2.05) is 65.8 Å². The first-order valence-electron chi connectivity index (χ1n) is 15.7. The van der Waals surface area contributed by atoms with Gasteiger partial charge in [0.25, 0.3) is 12.4 Å². The molecule has 0 saturated carbocycles. The standard InChI is InChI=1S/C30H38ClFN6OS.C5H10O2/c1-29(2,3)24-15-12-21(27(32)35-24)28(39)37-40-26-9-7-8-25(36-26)34-23(22-14-11-20(31)17-33-22)13-10-19-16-30(4,5)38(6)18-19;1-5(2,3)7-4-6/h7-9,11-12,14-15,17,19,23H,10,13,16,18H2,1-6H3,(H,34,36)(H,37,39);4H,1-3H3. The van der Waals surface area contributed by atoms with Crippen molar-refractivity contribution < 1.29 is 18.7 Å². The van der Waals surface area contributed by atoms with Gasteiger partial charge in [-0.15, -0.1) is 0 Å². The molecule has 0 bridgehead atoms. The molecule has 2 unspecified atom stereocenters. The Hall–Kier alpha value is -3.28. The second kappa shape index (κ2) is 16.2. The molecule has 47 heavy (non-hydrogen) atoms. The molecule has 256 valence electrons.